The quantitative estimate of drug-likeness (QED) is 0.814. The highest BCUT2D eigenvalue weighted by atomic mass is 79.9. The van der Waals surface area contributed by atoms with Crippen LogP contribution < -0.4 is 5.32 Å². The van der Waals surface area contributed by atoms with Gasteiger partial charge in [0.1, 0.15) is 11.5 Å². The molecule has 22 heavy (non-hydrogen) atoms. The maximum Gasteiger partial charge on any atom is 0.275 e. The number of amides is 1. The molecule has 1 aliphatic rings. The van der Waals surface area contributed by atoms with Gasteiger partial charge in [0.15, 0.2) is 11.6 Å². The van der Waals surface area contributed by atoms with Crippen molar-refractivity contribution in [3.05, 3.63) is 75.4 Å². The Labute approximate surface area is 133 Å². The van der Waals surface area contributed by atoms with E-state index in [1.165, 1.54) is 6.07 Å². The Kier molecular flexibility index (Phi) is 3.85. The second-order valence-corrected chi connectivity index (χ2v) is 5.54. The van der Waals surface area contributed by atoms with Crippen molar-refractivity contribution in [3.8, 4) is 0 Å². The third-order valence-corrected chi connectivity index (χ3v) is 3.59. The summed E-state index contributed by atoms with van der Waals surface area (Å²) < 4.78 is 27.1. The van der Waals surface area contributed by atoms with Crippen molar-refractivity contribution in [1.29, 1.82) is 0 Å². The maximum atomic E-state index is 13.2. The van der Waals surface area contributed by atoms with Crippen LogP contribution in [-0.2, 0) is 4.79 Å². The van der Waals surface area contributed by atoms with E-state index >= 15 is 0 Å². The van der Waals surface area contributed by atoms with Crippen molar-refractivity contribution in [3.63, 3.8) is 0 Å². The van der Waals surface area contributed by atoms with Crippen LogP contribution in [0.1, 0.15) is 11.1 Å². The van der Waals surface area contributed by atoms with E-state index < -0.39 is 11.6 Å². The molecule has 0 spiro atoms. The zero-order chi connectivity index (χ0) is 15.7. The van der Waals surface area contributed by atoms with Gasteiger partial charge >= 0.3 is 0 Å². The lowest BCUT2D eigenvalue weighted by molar-refractivity contribution is -0.115. The normalized spacial score (nSPS) is 15.9. The first-order valence-electron chi connectivity index (χ1n) is 6.36. The molecule has 0 aromatic heterocycles. The second kappa shape index (κ2) is 5.81. The molecule has 0 unspecified atom stereocenters. The lowest BCUT2D eigenvalue weighted by Gasteiger charge is -2.00. The van der Waals surface area contributed by atoms with Gasteiger partial charge in [-0.3, -0.25) is 4.79 Å². The molecule has 6 heteroatoms. The van der Waals surface area contributed by atoms with Crippen molar-refractivity contribution in [1.82, 2.24) is 5.32 Å². The summed E-state index contributed by atoms with van der Waals surface area (Å²) >= 11 is 3.33. The molecule has 3 rings (SSSR count). The molecular weight excluding hydrogens is 354 g/mol. The van der Waals surface area contributed by atoms with Gasteiger partial charge in [-0.15, -0.1) is 0 Å². The Bertz CT molecular complexity index is 813. The summed E-state index contributed by atoms with van der Waals surface area (Å²) in [6, 6.07) is 10.7. The summed E-state index contributed by atoms with van der Waals surface area (Å²) in [7, 11) is 0. The number of carbonyl (C=O) groups excluding carboxylic acids is 1. The predicted octanol–water partition coefficient (Wildman–Crippen LogP) is 3.64. The molecular formula is C16H9BrF2N2O. The molecule has 0 radical (unpaired) electrons. The Morgan fingerprint density at radius 1 is 1.05 bits per heavy atom. The van der Waals surface area contributed by atoms with E-state index in [0.717, 1.165) is 22.2 Å². The second-order valence-electron chi connectivity index (χ2n) is 4.62. The molecule has 0 fully saturated rings. The maximum absolute atomic E-state index is 13.2. The van der Waals surface area contributed by atoms with Gasteiger partial charge in [0.2, 0.25) is 0 Å². The van der Waals surface area contributed by atoms with Crippen LogP contribution in [0.5, 0.6) is 0 Å². The van der Waals surface area contributed by atoms with Gasteiger partial charge in [-0.25, -0.2) is 13.8 Å². The fourth-order valence-electron chi connectivity index (χ4n) is 1.97. The van der Waals surface area contributed by atoms with Crippen LogP contribution in [0.25, 0.3) is 6.08 Å². The average molecular weight is 363 g/mol. The lowest BCUT2D eigenvalue weighted by atomic mass is 10.2. The number of hydrogen-bond acceptors (Lipinski definition) is 2. The van der Waals surface area contributed by atoms with E-state index in [-0.39, 0.29) is 17.4 Å². The highest BCUT2D eigenvalue weighted by Gasteiger charge is 2.21. The van der Waals surface area contributed by atoms with Crippen LogP contribution in [0.2, 0.25) is 0 Å². The highest BCUT2D eigenvalue weighted by molar-refractivity contribution is 9.10. The van der Waals surface area contributed by atoms with Gasteiger partial charge < -0.3 is 5.32 Å². The van der Waals surface area contributed by atoms with E-state index in [4.69, 9.17) is 0 Å². The monoisotopic (exact) mass is 362 g/mol. The molecule has 1 aliphatic heterocycles. The molecule has 0 saturated carbocycles. The molecule has 0 bridgehead atoms. The molecule has 1 N–H and O–H groups in total. The van der Waals surface area contributed by atoms with Crippen LogP contribution in [0.4, 0.5) is 8.78 Å². The van der Waals surface area contributed by atoms with Crippen molar-refractivity contribution in [2.45, 2.75) is 0 Å². The van der Waals surface area contributed by atoms with Crippen molar-refractivity contribution >= 4 is 33.7 Å². The predicted molar refractivity (Wildman–Crippen MR) is 83.2 cm³/mol. The Morgan fingerprint density at radius 2 is 1.77 bits per heavy atom. The first kappa shape index (κ1) is 14.6. The molecule has 1 heterocycles. The fourth-order valence-corrected chi connectivity index (χ4v) is 2.23. The van der Waals surface area contributed by atoms with Crippen LogP contribution in [0.15, 0.2) is 57.6 Å². The molecule has 3 nitrogen and oxygen atoms in total. The molecule has 0 saturated heterocycles. The Hall–Kier alpha value is -2.34. The number of halogens is 3. The molecule has 2 aromatic rings. The van der Waals surface area contributed by atoms with Crippen LogP contribution in [0.3, 0.4) is 0 Å². The zero-order valence-corrected chi connectivity index (χ0v) is 12.7. The minimum Gasteiger partial charge on any atom is -0.305 e. The molecule has 0 aliphatic carbocycles. The van der Waals surface area contributed by atoms with Gasteiger partial charge in [-0.1, -0.05) is 28.1 Å². The molecule has 110 valence electrons. The topological polar surface area (TPSA) is 41.5 Å². The van der Waals surface area contributed by atoms with Crippen molar-refractivity contribution < 1.29 is 13.6 Å². The molecule has 0 atom stereocenters. The lowest BCUT2D eigenvalue weighted by Crippen LogP contribution is -2.24. The van der Waals surface area contributed by atoms with E-state index in [0.29, 0.717) is 5.56 Å². The van der Waals surface area contributed by atoms with Crippen molar-refractivity contribution in [2.75, 3.05) is 0 Å². The van der Waals surface area contributed by atoms with Crippen LogP contribution in [-0.4, -0.2) is 11.7 Å². The Balaban J connectivity index is 1.94. The number of rotatable bonds is 2. The number of hydrogen-bond donors (Lipinski definition) is 1. The number of nitrogens with one attached hydrogen (secondary N) is 1. The zero-order valence-electron chi connectivity index (χ0n) is 11.1. The SMILES string of the molecule is O=C1NC(c2ccc(F)c(F)c2)=N/C1=C/c1ccc(Br)cc1. The average Bonchev–Trinajstić information content (AvgIpc) is 2.85. The largest absolute Gasteiger partial charge is 0.305 e. The summed E-state index contributed by atoms with van der Waals surface area (Å²) in [6.45, 7) is 0. The number of aliphatic imine (C=N–C) groups is 1. The summed E-state index contributed by atoms with van der Waals surface area (Å²) in [5.74, 6) is -2.12. The Morgan fingerprint density at radius 3 is 2.45 bits per heavy atom. The smallest absolute Gasteiger partial charge is 0.275 e. The van der Waals surface area contributed by atoms with Gasteiger partial charge in [-0.05, 0) is 42.0 Å². The minimum atomic E-state index is -0.986. The third-order valence-electron chi connectivity index (χ3n) is 3.06. The van der Waals surface area contributed by atoms with Crippen molar-refractivity contribution in [2.24, 2.45) is 4.99 Å². The van der Waals surface area contributed by atoms with Gasteiger partial charge in [0.05, 0.1) is 0 Å². The van der Waals surface area contributed by atoms with Crippen LogP contribution in [0, 0.1) is 11.6 Å². The summed E-state index contributed by atoms with van der Waals surface area (Å²) in [5, 5.41) is 2.54. The molecule has 1 amide bonds. The highest BCUT2D eigenvalue weighted by Crippen LogP contribution is 2.18. The van der Waals surface area contributed by atoms with E-state index in [2.05, 4.69) is 26.2 Å². The number of amidine groups is 1. The number of carbonyl (C=O) groups is 1. The standard InChI is InChI=1S/C16H9BrF2N2O/c17-11-4-1-9(2-5-11)7-14-16(22)21-15(20-14)10-3-6-12(18)13(19)8-10/h1-8H,(H,20,21,22)/b14-7+. The number of benzene rings is 2. The van der Waals surface area contributed by atoms with Gasteiger partial charge in [0, 0.05) is 10.0 Å². The minimum absolute atomic E-state index is 0.201. The van der Waals surface area contributed by atoms with E-state index in [1.54, 1.807) is 6.08 Å². The van der Waals surface area contributed by atoms with Crippen LogP contribution >= 0.6 is 15.9 Å². The summed E-state index contributed by atoms with van der Waals surface area (Å²) in [4.78, 5) is 16.1. The van der Waals surface area contributed by atoms with Gasteiger partial charge in [0.25, 0.3) is 5.91 Å². The first-order chi connectivity index (χ1) is 10.5. The first-order valence-corrected chi connectivity index (χ1v) is 7.15. The van der Waals surface area contributed by atoms with E-state index in [1.807, 2.05) is 24.3 Å². The van der Waals surface area contributed by atoms with Gasteiger partial charge in [-0.2, -0.15) is 0 Å². The number of nitrogens with zero attached hydrogens (tertiary/aromatic N) is 1. The van der Waals surface area contributed by atoms with E-state index in [9.17, 15) is 13.6 Å². The summed E-state index contributed by atoms with van der Waals surface area (Å²) in [5.41, 5.74) is 1.33. The fraction of sp³-hybridized carbons (Fsp3) is 0. The molecule has 2 aromatic carbocycles. The third kappa shape index (κ3) is 2.96. The summed E-state index contributed by atoms with van der Waals surface area (Å²) in [6.07, 6.45) is 1.62.